The lowest BCUT2D eigenvalue weighted by Gasteiger charge is -2.31. The topological polar surface area (TPSA) is 58.1 Å². The number of nitrogens with one attached hydrogen (secondary N) is 1. The van der Waals surface area contributed by atoms with E-state index in [0.29, 0.717) is 16.6 Å². The summed E-state index contributed by atoms with van der Waals surface area (Å²) in [5, 5.41) is 12.9. The van der Waals surface area contributed by atoms with Gasteiger partial charge in [0.2, 0.25) is 0 Å². The van der Waals surface area contributed by atoms with Crippen LogP contribution in [0.4, 0.5) is 0 Å². The SMILES string of the molecule is CNCCC1CCN(C(=O)c2ccc(Sc3ccccc3Cl)nn2)CC1. The lowest BCUT2D eigenvalue weighted by molar-refractivity contribution is 0.0679. The highest BCUT2D eigenvalue weighted by Crippen LogP contribution is 2.31. The van der Waals surface area contributed by atoms with Crippen molar-refractivity contribution in [2.45, 2.75) is 29.2 Å². The summed E-state index contributed by atoms with van der Waals surface area (Å²) < 4.78 is 0. The Morgan fingerprint density at radius 3 is 2.65 bits per heavy atom. The summed E-state index contributed by atoms with van der Waals surface area (Å²) in [6.45, 7) is 2.63. The number of halogens is 1. The van der Waals surface area contributed by atoms with Gasteiger partial charge >= 0.3 is 0 Å². The molecule has 1 aromatic carbocycles. The van der Waals surface area contributed by atoms with E-state index in [1.54, 1.807) is 6.07 Å². The minimum atomic E-state index is -0.0288. The van der Waals surface area contributed by atoms with Crippen LogP contribution in [0.1, 0.15) is 29.8 Å². The number of aromatic nitrogens is 2. The Kier molecular flexibility index (Phi) is 6.88. The lowest BCUT2D eigenvalue weighted by atomic mass is 9.93. The number of rotatable bonds is 6. The first-order chi connectivity index (χ1) is 12.7. The van der Waals surface area contributed by atoms with E-state index >= 15 is 0 Å². The maximum atomic E-state index is 12.6. The van der Waals surface area contributed by atoms with Crippen LogP contribution >= 0.6 is 23.4 Å². The normalized spacial score (nSPS) is 15.2. The molecule has 1 aliphatic heterocycles. The summed E-state index contributed by atoms with van der Waals surface area (Å²) in [5.74, 6) is 0.672. The van der Waals surface area contributed by atoms with Gasteiger partial charge in [-0.3, -0.25) is 4.79 Å². The Labute approximate surface area is 163 Å². The highest BCUT2D eigenvalue weighted by Gasteiger charge is 2.24. The molecule has 26 heavy (non-hydrogen) atoms. The molecule has 0 aliphatic carbocycles. The molecule has 7 heteroatoms. The number of piperidine rings is 1. The van der Waals surface area contributed by atoms with Crippen LogP contribution in [0, 0.1) is 5.92 Å². The third-order valence-electron chi connectivity index (χ3n) is 4.61. The van der Waals surface area contributed by atoms with Gasteiger partial charge in [0.1, 0.15) is 5.03 Å². The second-order valence-corrected chi connectivity index (χ2v) is 7.89. The van der Waals surface area contributed by atoms with Gasteiger partial charge in [0.25, 0.3) is 5.91 Å². The molecule has 5 nitrogen and oxygen atoms in total. The molecule has 1 saturated heterocycles. The molecule has 0 spiro atoms. The van der Waals surface area contributed by atoms with Crippen molar-refractivity contribution in [3.8, 4) is 0 Å². The molecule has 138 valence electrons. The third kappa shape index (κ3) is 4.96. The molecule has 1 aromatic heterocycles. The number of hydrogen-bond donors (Lipinski definition) is 1. The minimum Gasteiger partial charge on any atom is -0.337 e. The van der Waals surface area contributed by atoms with Crippen LogP contribution in [0.15, 0.2) is 46.3 Å². The van der Waals surface area contributed by atoms with Gasteiger partial charge in [0.05, 0.1) is 5.02 Å². The first-order valence-electron chi connectivity index (χ1n) is 8.87. The highest BCUT2D eigenvalue weighted by molar-refractivity contribution is 7.99. The van der Waals surface area contributed by atoms with Crippen molar-refractivity contribution in [1.29, 1.82) is 0 Å². The smallest absolute Gasteiger partial charge is 0.274 e. The summed E-state index contributed by atoms with van der Waals surface area (Å²) in [6, 6.07) is 11.2. The summed E-state index contributed by atoms with van der Waals surface area (Å²) in [4.78, 5) is 15.4. The van der Waals surface area contributed by atoms with Gasteiger partial charge in [-0.15, -0.1) is 10.2 Å². The van der Waals surface area contributed by atoms with Crippen LogP contribution in [-0.4, -0.2) is 47.7 Å². The van der Waals surface area contributed by atoms with Crippen LogP contribution in [-0.2, 0) is 0 Å². The van der Waals surface area contributed by atoms with Crippen molar-refractivity contribution >= 4 is 29.3 Å². The standard InChI is InChI=1S/C19H23ClN4OS/c1-21-11-8-14-9-12-24(13-10-14)19(25)16-6-7-18(23-22-16)26-17-5-3-2-4-15(17)20/h2-7,14,21H,8-13H2,1H3. The molecular formula is C19H23ClN4OS. The predicted molar refractivity (Wildman–Crippen MR) is 105 cm³/mol. The number of likely N-dealkylation sites (tertiary alicyclic amines) is 1. The van der Waals surface area contributed by atoms with E-state index in [-0.39, 0.29) is 5.91 Å². The molecule has 2 heterocycles. The number of amides is 1. The second-order valence-electron chi connectivity index (χ2n) is 6.42. The van der Waals surface area contributed by atoms with E-state index in [0.717, 1.165) is 42.4 Å². The molecule has 0 bridgehead atoms. The van der Waals surface area contributed by atoms with Crippen LogP contribution in [0.3, 0.4) is 0 Å². The Balaban J connectivity index is 1.57. The van der Waals surface area contributed by atoms with Crippen LogP contribution < -0.4 is 5.32 Å². The van der Waals surface area contributed by atoms with Gasteiger partial charge < -0.3 is 10.2 Å². The molecule has 0 unspecified atom stereocenters. The maximum absolute atomic E-state index is 12.6. The molecule has 1 aliphatic rings. The average molecular weight is 391 g/mol. The molecule has 1 amide bonds. The van der Waals surface area contributed by atoms with Gasteiger partial charge in [0.15, 0.2) is 5.69 Å². The van der Waals surface area contributed by atoms with E-state index in [1.165, 1.54) is 18.2 Å². The maximum Gasteiger partial charge on any atom is 0.274 e. The zero-order valence-electron chi connectivity index (χ0n) is 14.8. The Hall–Kier alpha value is -1.63. The van der Waals surface area contributed by atoms with Gasteiger partial charge in [-0.1, -0.05) is 35.5 Å². The number of nitrogens with zero attached hydrogens (tertiary/aromatic N) is 3. The monoisotopic (exact) mass is 390 g/mol. The number of carbonyl (C=O) groups is 1. The molecule has 1 fully saturated rings. The fourth-order valence-electron chi connectivity index (χ4n) is 3.06. The molecule has 0 saturated carbocycles. The van der Waals surface area contributed by atoms with Gasteiger partial charge in [-0.25, -0.2) is 0 Å². The summed E-state index contributed by atoms with van der Waals surface area (Å²) in [7, 11) is 1.98. The van der Waals surface area contributed by atoms with Crippen LogP contribution in [0.5, 0.6) is 0 Å². The summed E-state index contributed by atoms with van der Waals surface area (Å²) in [6.07, 6.45) is 3.29. The fourth-order valence-corrected chi connectivity index (χ4v) is 4.07. The average Bonchev–Trinajstić information content (AvgIpc) is 2.68. The summed E-state index contributed by atoms with van der Waals surface area (Å²) in [5.41, 5.74) is 0.405. The lowest BCUT2D eigenvalue weighted by Crippen LogP contribution is -2.39. The highest BCUT2D eigenvalue weighted by atomic mass is 35.5. The third-order valence-corrected chi connectivity index (χ3v) is 6.06. The van der Waals surface area contributed by atoms with E-state index in [4.69, 9.17) is 11.6 Å². The quantitative estimate of drug-likeness (QED) is 0.814. The van der Waals surface area contributed by atoms with Crippen LogP contribution in [0.25, 0.3) is 0 Å². The fraction of sp³-hybridized carbons (Fsp3) is 0.421. The minimum absolute atomic E-state index is 0.0288. The van der Waals surface area contributed by atoms with Gasteiger partial charge in [0, 0.05) is 18.0 Å². The van der Waals surface area contributed by atoms with E-state index < -0.39 is 0 Å². The zero-order chi connectivity index (χ0) is 18.4. The first-order valence-corrected chi connectivity index (χ1v) is 10.1. The largest absolute Gasteiger partial charge is 0.337 e. The molecular weight excluding hydrogens is 368 g/mol. The number of hydrogen-bond acceptors (Lipinski definition) is 5. The van der Waals surface area contributed by atoms with Crippen LogP contribution in [0.2, 0.25) is 5.02 Å². The Morgan fingerprint density at radius 1 is 1.23 bits per heavy atom. The molecule has 1 N–H and O–H groups in total. The number of benzene rings is 1. The second kappa shape index (κ2) is 9.35. The number of carbonyl (C=O) groups excluding carboxylic acids is 1. The predicted octanol–water partition coefficient (Wildman–Crippen LogP) is 3.74. The van der Waals surface area contributed by atoms with Crippen molar-refractivity contribution in [3.63, 3.8) is 0 Å². The first kappa shape index (κ1) is 19.1. The summed E-state index contributed by atoms with van der Waals surface area (Å²) >= 11 is 7.61. The van der Waals surface area contributed by atoms with Crippen molar-refractivity contribution in [2.24, 2.45) is 5.92 Å². The van der Waals surface area contributed by atoms with E-state index in [2.05, 4.69) is 15.5 Å². The van der Waals surface area contributed by atoms with Crippen molar-refractivity contribution in [2.75, 3.05) is 26.7 Å². The zero-order valence-corrected chi connectivity index (χ0v) is 16.4. The van der Waals surface area contributed by atoms with Crippen molar-refractivity contribution in [1.82, 2.24) is 20.4 Å². The molecule has 0 atom stereocenters. The Morgan fingerprint density at radius 2 is 2.00 bits per heavy atom. The van der Waals surface area contributed by atoms with Crippen molar-refractivity contribution in [3.05, 3.63) is 47.1 Å². The molecule has 2 aromatic rings. The van der Waals surface area contributed by atoms with Gasteiger partial charge in [-0.2, -0.15) is 0 Å². The Bertz CT molecular complexity index is 733. The molecule has 3 rings (SSSR count). The van der Waals surface area contributed by atoms with Gasteiger partial charge in [-0.05, 0) is 63.0 Å². The van der Waals surface area contributed by atoms with E-state index in [1.807, 2.05) is 42.3 Å². The van der Waals surface area contributed by atoms with E-state index in [9.17, 15) is 4.79 Å². The van der Waals surface area contributed by atoms with Crippen molar-refractivity contribution < 1.29 is 4.79 Å². The molecule has 0 radical (unpaired) electrons.